The highest BCUT2D eigenvalue weighted by molar-refractivity contribution is 7.84. The summed E-state index contributed by atoms with van der Waals surface area (Å²) in [6.07, 6.45) is 11.0. The van der Waals surface area contributed by atoms with E-state index in [2.05, 4.69) is 25.7 Å². The first-order valence-corrected chi connectivity index (χ1v) is 22.5. The van der Waals surface area contributed by atoms with Crippen LogP contribution in [0.5, 0.6) is 11.6 Å². The lowest BCUT2D eigenvalue weighted by Gasteiger charge is -2.35. The van der Waals surface area contributed by atoms with Crippen molar-refractivity contribution >= 4 is 57.6 Å². The molecule has 1 aromatic carbocycles. The van der Waals surface area contributed by atoms with E-state index in [0.717, 1.165) is 43.9 Å². The number of benzene rings is 1. The molecular formula is C43H60N6O10S. The molecule has 4 N–H and O–H groups in total. The molecule has 6 unspecified atom stereocenters. The van der Waals surface area contributed by atoms with Gasteiger partial charge in [0.1, 0.15) is 52.6 Å². The second kappa shape index (κ2) is 20.2. The lowest BCUT2D eigenvalue weighted by atomic mass is 9.83. The van der Waals surface area contributed by atoms with Gasteiger partial charge in [-0.25, -0.2) is 14.0 Å². The zero-order chi connectivity index (χ0) is 43.0. The number of alkyl carbamates (subject to hydrolysis) is 1. The zero-order valence-corrected chi connectivity index (χ0v) is 36.1. The number of amides is 5. The third kappa shape index (κ3) is 11.7. The van der Waals surface area contributed by atoms with Gasteiger partial charge in [-0.2, -0.15) is 0 Å². The average Bonchev–Trinajstić information content (AvgIpc) is 3.99. The smallest absolute Gasteiger partial charge is 0.408 e. The molecule has 0 spiro atoms. The van der Waals surface area contributed by atoms with Crippen molar-refractivity contribution in [1.82, 2.24) is 30.6 Å². The highest BCUT2D eigenvalue weighted by Crippen LogP contribution is 2.35. The maximum Gasteiger partial charge on any atom is 0.408 e. The Kier molecular flexibility index (Phi) is 15.1. The summed E-state index contributed by atoms with van der Waals surface area (Å²) in [6.45, 7) is 6.93. The maximum absolute atomic E-state index is 15.1. The van der Waals surface area contributed by atoms with Crippen LogP contribution in [0, 0.1) is 5.92 Å². The van der Waals surface area contributed by atoms with E-state index in [1.807, 2.05) is 31.2 Å². The molecule has 0 radical (unpaired) electrons. The van der Waals surface area contributed by atoms with Crippen LogP contribution in [0.25, 0.3) is 16.8 Å². The van der Waals surface area contributed by atoms with Gasteiger partial charge >= 0.3 is 6.09 Å². The number of nitrogens with zero attached hydrogens (tertiary/aromatic N) is 2. The highest BCUT2D eigenvalue weighted by atomic mass is 32.2. The molecule has 5 amide bonds. The van der Waals surface area contributed by atoms with E-state index in [-0.39, 0.29) is 37.3 Å². The molecule has 1 saturated heterocycles. The number of unbranched alkanes of at least 4 members (excludes halogenated alkanes) is 1. The Bertz CT molecular complexity index is 1940. The highest BCUT2D eigenvalue weighted by Gasteiger charge is 2.46. The standard InChI is InChI=1S/C43H60N6O10S/c1-6-7-15-32(38(51)48-60(55)30-16-17-30)45-39(52)34-23-29-24-49(34)41(53)36(26-12-9-8-10-13-26)47-37(50)33(46-42(54)59-43(2,3)4)25-57-20-11-14-28-21-31-27(22-35(28)56-5)18-19-44-40(31)58-29/h11,14,18-19,21-22,26,29-30,32-34,36H,6-10,12-13,15-17,20,23-25H2,1-5H3,(H,45,52)(H,46,54)(H,47,50)(H,48,51). The van der Waals surface area contributed by atoms with Crippen LogP contribution < -0.4 is 30.1 Å². The van der Waals surface area contributed by atoms with Gasteiger partial charge in [0.05, 0.1) is 32.1 Å². The van der Waals surface area contributed by atoms with Crippen molar-refractivity contribution in [3.63, 3.8) is 0 Å². The molecule has 3 heterocycles. The number of pyridine rings is 1. The Hall–Kier alpha value is -4.77. The van der Waals surface area contributed by atoms with Crippen LogP contribution in [-0.4, -0.2) is 112 Å². The fraction of sp³-hybridized carbons (Fsp3) is 0.628. The minimum Gasteiger partial charge on any atom is -0.496 e. The summed E-state index contributed by atoms with van der Waals surface area (Å²) in [4.78, 5) is 76.3. The number of rotatable bonds is 11. The molecular weight excluding hydrogens is 793 g/mol. The van der Waals surface area contributed by atoms with Crippen molar-refractivity contribution in [2.24, 2.45) is 5.92 Å². The number of hydrogen-bond donors (Lipinski definition) is 4. The molecule has 2 aliphatic heterocycles. The van der Waals surface area contributed by atoms with Gasteiger partial charge in [-0.3, -0.25) is 23.9 Å². The molecule has 16 nitrogen and oxygen atoms in total. The number of fused-ring (bicyclic) bond motifs is 3. The summed E-state index contributed by atoms with van der Waals surface area (Å²) in [7, 11) is 0.00957. The topological polar surface area (TPSA) is 204 Å². The number of carbonyl (C=O) groups is 5. The number of hydrogen-bond acceptors (Lipinski definition) is 11. The Balaban J connectivity index is 1.37. The van der Waals surface area contributed by atoms with E-state index < -0.39 is 76.6 Å². The van der Waals surface area contributed by atoms with Crippen LogP contribution in [0.3, 0.4) is 0 Å². The van der Waals surface area contributed by atoms with Crippen molar-refractivity contribution in [3.8, 4) is 11.6 Å². The van der Waals surface area contributed by atoms with Gasteiger partial charge < -0.3 is 39.8 Å². The first kappa shape index (κ1) is 44.8. The minimum atomic E-state index is -1.56. The van der Waals surface area contributed by atoms with E-state index in [4.69, 9.17) is 18.9 Å². The lowest BCUT2D eigenvalue weighted by Crippen LogP contribution is -2.60. The molecule has 4 bridgehead atoms. The second-order valence-corrected chi connectivity index (χ2v) is 18.6. The number of nitrogens with one attached hydrogen (secondary N) is 4. The normalized spacial score (nSPS) is 24.1. The van der Waals surface area contributed by atoms with Gasteiger partial charge in [0, 0.05) is 23.6 Å². The van der Waals surface area contributed by atoms with Crippen LogP contribution in [0.1, 0.15) is 104 Å². The summed E-state index contributed by atoms with van der Waals surface area (Å²) in [5.41, 5.74) is -0.146. The molecule has 17 heteroatoms. The van der Waals surface area contributed by atoms with Crippen molar-refractivity contribution in [2.45, 2.75) is 139 Å². The first-order chi connectivity index (χ1) is 28.7. The van der Waals surface area contributed by atoms with Crippen LogP contribution in [0.4, 0.5) is 4.79 Å². The summed E-state index contributed by atoms with van der Waals surface area (Å²) >= 11 is 0. The van der Waals surface area contributed by atoms with Crippen molar-refractivity contribution in [2.75, 3.05) is 26.9 Å². The van der Waals surface area contributed by atoms with Crippen LogP contribution in [0.2, 0.25) is 0 Å². The first-order valence-electron chi connectivity index (χ1n) is 21.2. The van der Waals surface area contributed by atoms with Gasteiger partial charge in [0.15, 0.2) is 0 Å². The van der Waals surface area contributed by atoms with E-state index in [0.29, 0.717) is 48.3 Å². The molecule has 3 fully saturated rings. The summed E-state index contributed by atoms with van der Waals surface area (Å²) < 4.78 is 39.0. The molecule has 2 aliphatic carbocycles. The Morgan fingerprint density at radius 3 is 2.57 bits per heavy atom. The molecule has 6 atom stereocenters. The van der Waals surface area contributed by atoms with Gasteiger partial charge in [0.25, 0.3) is 5.91 Å². The van der Waals surface area contributed by atoms with E-state index in [1.165, 1.54) is 4.90 Å². The third-order valence-corrected chi connectivity index (χ3v) is 12.7. The summed E-state index contributed by atoms with van der Waals surface area (Å²) in [6, 6.07) is 1.21. The molecule has 4 aliphatic rings. The number of aromatic nitrogens is 1. The largest absolute Gasteiger partial charge is 0.496 e. The van der Waals surface area contributed by atoms with Crippen molar-refractivity contribution in [1.29, 1.82) is 0 Å². The van der Waals surface area contributed by atoms with E-state index >= 15 is 4.79 Å². The van der Waals surface area contributed by atoms with Gasteiger partial charge in [-0.05, 0) is 82.4 Å². The quantitative estimate of drug-likeness (QED) is 0.252. The molecule has 6 rings (SSSR count). The second-order valence-electron chi connectivity index (χ2n) is 17.1. The minimum absolute atomic E-state index is 0.0167. The van der Waals surface area contributed by atoms with Crippen LogP contribution in [0.15, 0.2) is 30.5 Å². The number of ether oxygens (including phenoxy) is 4. The lowest BCUT2D eigenvalue weighted by molar-refractivity contribution is -0.144. The predicted molar refractivity (Wildman–Crippen MR) is 225 cm³/mol. The zero-order valence-electron chi connectivity index (χ0n) is 35.3. The van der Waals surface area contributed by atoms with Crippen molar-refractivity contribution in [3.05, 3.63) is 36.0 Å². The van der Waals surface area contributed by atoms with Gasteiger partial charge in [0.2, 0.25) is 23.6 Å². The van der Waals surface area contributed by atoms with Gasteiger partial charge in [-0.15, -0.1) is 0 Å². The molecule has 328 valence electrons. The van der Waals surface area contributed by atoms with Crippen LogP contribution in [-0.2, 0) is 39.6 Å². The predicted octanol–water partition coefficient (Wildman–Crippen LogP) is 4.21. The summed E-state index contributed by atoms with van der Waals surface area (Å²) in [5.74, 6) is -1.61. The fourth-order valence-electron chi connectivity index (χ4n) is 7.95. The number of carbonyl (C=O) groups excluding carboxylic acids is 5. The Morgan fingerprint density at radius 1 is 1.10 bits per heavy atom. The van der Waals surface area contributed by atoms with Crippen molar-refractivity contribution < 1.29 is 47.1 Å². The monoisotopic (exact) mass is 852 g/mol. The Labute approximate surface area is 354 Å². The SMILES string of the molecule is CCCCC(NC(=O)C1CC2CN1C(=O)C(C1CCCCC1)NC(=O)C(NC(=O)OC(C)(C)C)COCC=Cc1cc3c(nccc3cc1OC)O2)C(=O)NS(=O)C1CC1. The molecule has 60 heavy (non-hydrogen) atoms. The van der Waals surface area contributed by atoms with Crippen LogP contribution >= 0.6 is 0 Å². The van der Waals surface area contributed by atoms with E-state index in [9.17, 15) is 23.4 Å². The third-order valence-electron chi connectivity index (χ3n) is 11.2. The molecule has 1 aromatic heterocycles. The molecule has 2 saturated carbocycles. The van der Waals surface area contributed by atoms with Gasteiger partial charge in [-0.1, -0.05) is 51.2 Å². The number of methoxy groups -OCH3 is 1. The maximum atomic E-state index is 15.1. The van der Waals surface area contributed by atoms with E-state index in [1.54, 1.807) is 40.2 Å². The Morgan fingerprint density at radius 2 is 1.87 bits per heavy atom. The molecule has 2 aromatic rings. The summed E-state index contributed by atoms with van der Waals surface area (Å²) in [5, 5.41) is 9.87. The average molecular weight is 853 g/mol. The fourth-order valence-corrected chi connectivity index (χ4v) is 9.02.